The second-order valence-corrected chi connectivity index (χ2v) is 5.32. The van der Waals surface area contributed by atoms with Gasteiger partial charge in [-0.05, 0) is 12.8 Å². The standard InChI is InChI=1S/C9H21N3O3S/c10-9(11)12-7-5-3-1-2-4-6-8-16(13,14)15/h1-8H2,(H4,10,11,12)(H,13,14,15). The number of nitrogens with one attached hydrogen (secondary N) is 2. The van der Waals surface area contributed by atoms with Crippen LogP contribution in [0.5, 0.6) is 0 Å². The SMILES string of the molecule is N=C(N)NCCCCCCCCS(=O)(=O)O. The minimum atomic E-state index is -3.78. The van der Waals surface area contributed by atoms with Gasteiger partial charge in [0.25, 0.3) is 10.1 Å². The average Bonchev–Trinajstić information content (AvgIpc) is 2.13. The van der Waals surface area contributed by atoms with Crippen molar-refractivity contribution in [1.29, 1.82) is 5.41 Å². The third kappa shape index (κ3) is 13.2. The predicted molar refractivity (Wildman–Crippen MR) is 64.0 cm³/mol. The summed E-state index contributed by atoms with van der Waals surface area (Å²) in [5.41, 5.74) is 5.11. The molecule has 0 aliphatic carbocycles. The Kier molecular flexibility index (Phi) is 7.92. The highest BCUT2D eigenvalue weighted by molar-refractivity contribution is 7.85. The van der Waals surface area contributed by atoms with Crippen LogP contribution in [0.1, 0.15) is 38.5 Å². The Hall–Kier alpha value is -0.820. The summed E-state index contributed by atoms with van der Waals surface area (Å²) in [6.07, 6.45) is 5.33. The van der Waals surface area contributed by atoms with E-state index in [1.54, 1.807) is 0 Å². The number of hydrogen-bond acceptors (Lipinski definition) is 3. The molecular weight excluding hydrogens is 230 g/mol. The van der Waals surface area contributed by atoms with Crippen molar-refractivity contribution < 1.29 is 13.0 Å². The minimum absolute atomic E-state index is 0.00634. The molecule has 0 aromatic rings. The molecule has 0 unspecified atom stereocenters. The first-order valence-electron chi connectivity index (χ1n) is 5.45. The van der Waals surface area contributed by atoms with Gasteiger partial charge in [-0.25, -0.2) is 0 Å². The first-order chi connectivity index (χ1) is 7.42. The molecule has 0 saturated carbocycles. The summed E-state index contributed by atoms with van der Waals surface area (Å²) in [4.78, 5) is 0. The number of rotatable bonds is 9. The molecule has 0 aliphatic heterocycles. The zero-order valence-corrected chi connectivity index (χ0v) is 10.2. The van der Waals surface area contributed by atoms with Crippen LogP contribution in [0.25, 0.3) is 0 Å². The molecule has 0 heterocycles. The van der Waals surface area contributed by atoms with Gasteiger partial charge in [0.15, 0.2) is 5.96 Å². The monoisotopic (exact) mass is 251 g/mol. The topological polar surface area (TPSA) is 116 Å². The Labute approximate surface area is 96.9 Å². The zero-order chi connectivity index (χ0) is 12.4. The fraction of sp³-hybridized carbons (Fsp3) is 0.889. The average molecular weight is 251 g/mol. The number of nitrogens with two attached hydrogens (primary N) is 1. The summed E-state index contributed by atoms with van der Waals surface area (Å²) in [6, 6.07) is 0. The highest BCUT2D eigenvalue weighted by atomic mass is 32.2. The molecule has 5 N–H and O–H groups in total. The first kappa shape index (κ1) is 15.2. The summed E-state index contributed by atoms with van der Waals surface area (Å²) in [5.74, 6) is -0.146. The van der Waals surface area contributed by atoms with Crippen molar-refractivity contribution >= 4 is 16.1 Å². The molecule has 7 heteroatoms. The van der Waals surface area contributed by atoms with Gasteiger partial charge in [0.1, 0.15) is 0 Å². The third-order valence-electron chi connectivity index (χ3n) is 2.14. The summed E-state index contributed by atoms with van der Waals surface area (Å²) >= 11 is 0. The zero-order valence-electron chi connectivity index (χ0n) is 9.41. The summed E-state index contributed by atoms with van der Waals surface area (Å²) < 4.78 is 29.2. The molecule has 0 atom stereocenters. The van der Waals surface area contributed by atoms with E-state index in [1.807, 2.05) is 0 Å². The van der Waals surface area contributed by atoms with Crippen LogP contribution in [-0.2, 0) is 10.1 Å². The van der Waals surface area contributed by atoms with Crippen LogP contribution in [0.4, 0.5) is 0 Å². The predicted octanol–water partition coefficient (Wildman–Crippen LogP) is 0.698. The number of unbranched alkanes of at least 4 members (excludes halogenated alkanes) is 5. The van der Waals surface area contributed by atoms with Gasteiger partial charge < -0.3 is 11.1 Å². The van der Waals surface area contributed by atoms with Crippen molar-refractivity contribution in [2.45, 2.75) is 38.5 Å². The number of hydrogen-bond donors (Lipinski definition) is 4. The van der Waals surface area contributed by atoms with Gasteiger partial charge in [-0.3, -0.25) is 9.96 Å². The molecule has 0 aromatic heterocycles. The third-order valence-corrected chi connectivity index (χ3v) is 2.95. The lowest BCUT2D eigenvalue weighted by atomic mass is 10.1. The molecule has 0 rings (SSSR count). The van der Waals surface area contributed by atoms with Gasteiger partial charge in [0.05, 0.1) is 5.75 Å². The molecule has 0 amide bonds. The van der Waals surface area contributed by atoms with Gasteiger partial charge in [-0.15, -0.1) is 0 Å². The van der Waals surface area contributed by atoms with E-state index in [-0.39, 0.29) is 11.7 Å². The van der Waals surface area contributed by atoms with E-state index in [0.29, 0.717) is 13.0 Å². The Balaban J connectivity index is 3.13. The molecule has 0 aromatic carbocycles. The van der Waals surface area contributed by atoms with E-state index in [0.717, 1.165) is 32.1 Å². The van der Waals surface area contributed by atoms with Gasteiger partial charge in [-0.2, -0.15) is 8.42 Å². The van der Waals surface area contributed by atoms with Gasteiger partial charge in [0.2, 0.25) is 0 Å². The summed E-state index contributed by atoms with van der Waals surface area (Å²) in [7, 11) is -3.78. The lowest BCUT2D eigenvalue weighted by Crippen LogP contribution is -2.30. The maximum atomic E-state index is 10.4. The molecule has 0 bridgehead atoms. The van der Waals surface area contributed by atoms with Crippen LogP contribution in [0, 0.1) is 5.41 Å². The van der Waals surface area contributed by atoms with E-state index in [1.165, 1.54) is 0 Å². The summed E-state index contributed by atoms with van der Waals surface area (Å²) in [6.45, 7) is 0.709. The largest absolute Gasteiger partial charge is 0.370 e. The second kappa shape index (κ2) is 8.35. The first-order valence-corrected chi connectivity index (χ1v) is 7.06. The summed E-state index contributed by atoms with van der Waals surface area (Å²) in [5, 5.41) is 9.63. The van der Waals surface area contributed by atoms with Gasteiger partial charge in [-0.1, -0.05) is 25.7 Å². The highest BCUT2D eigenvalue weighted by Crippen LogP contribution is 2.05. The van der Waals surface area contributed by atoms with Crippen molar-refractivity contribution in [3.63, 3.8) is 0 Å². The Morgan fingerprint density at radius 2 is 1.62 bits per heavy atom. The Bertz CT molecular complexity index is 290. The fourth-order valence-corrected chi connectivity index (χ4v) is 1.91. The van der Waals surface area contributed by atoms with Gasteiger partial charge in [0, 0.05) is 6.54 Å². The molecule has 6 nitrogen and oxygen atoms in total. The Morgan fingerprint density at radius 1 is 1.12 bits per heavy atom. The normalized spacial score (nSPS) is 11.3. The molecule has 96 valence electrons. The lowest BCUT2D eigenvalue weighted by Gasteiger charge is -2.03. The van der Waals surface area contributed by atoms with Crippen molar-refractivity contribution in [1.82, 2.24) is 5.32 Å². The fourth-order valence-electron chi connectivity index (χ4n) is 1.34. The molecule has 0 fully saturated rings. The van der Waals surface area contributed by atoms with Crippen molar-refractivity contribution in [2.24, 2.45) is 5.73 Å². The van der Waals surface area contributed by atoms with E-state index in [4.69, 9.17) is 15.7 Å². The molecule has 0 radical (unpaired) electrons. The van der Waals surface area contributed by atoms with Crippen LogP contribution >= 0.6 is 0 Å². The maximum Gasteiger partial charge on any atom is 0.264 e. The van der Waals surface area contributed by atoms with E-state index >= 15 is 0 Å². The smallest absolute Gasteiger partial charge is 0.264 e. The van der Waals surface area contributed by atoms with Crippen LogP contribution in [0.15, 0.2) is 0 Å². The minimum Gasteiger partial charge on any atom is -0.370 e. The lowest BCUT2D eigenvalue weighted by molar-refractivity contribution is 0.478. The van der Waals surface area contributed by atoms with Crippen molar-refractivity contribution in [2.75, 3.05) is 12.3 Å². The maximum absolute atomic E-state index is 10.4. The molecule has 0 aliphatic rings. The van der Waals surface area contributed by atoms with Crippen molar-refractivity contribution in [3.8, 4) is 0 Å². The highest BCUT2D eigenvalue weighted by Gasteiger charge is 2.02. The molecule has 0 saturated heterocycles. The van der Waals surface area contributed by atoms with Crippen LogP contribution in [-0.4, -0.2) is 31.2 Å². The van der Waals surface area contributed by atoms with Crippen LogP contribution < -0.4 is 11.1 Å². The molecule has 16 heavy (non-hydrogen) atoms. The number of guanidine groups is 1. The van der Waals surface area contributed by atoms with Crippen LogP contribution in [0.2, 0.25) is 0 Å². The molecular formula is C9H21N3O3S. The quantitative estimate of drug-likeness (QED) is 0.208. The second-order valence-electron chi connectivity index (χ2n) is 3.75. The van der Waals surface area contributed by atoms with Gasteiger partial charge >= 0.3 is 0 Å². The van der Waals surface area contributed by atoms with E-state index < -0.39 is 10.1 Å². The van der Waals surface area contributed by atoms with Crippen molar-refractivity contribution in [3.05, 3.63) is 0 Å². The van der Waals surface area contributed by atoms with E-state index in [9.17, 15) is 8.42 Å². The molecule has 0 spiro atoms. The Morgan fingerprint density at radius 3 is 2.12 bits per heavy atom. The van der Waals surface area contributed by atoms with Crippen LogP contribution in [0.3, 0.4) is 0 Å². The van der Waals surface area contributed by atoms with E-state index in [2.05, 4.69) is 5.32 Å².